The van der Waals surface area contributed by atoms with Crippen molar-refractivity contribution in [3.8, 4) is 0 Å². The minimum absolute atomic E-state index is 0.355. The van der Waals surface area contributed by atoms with Gasteiger partial charge in [0.1, 0.15) is 0 Å². The van der Waals surface area contributed by atoms with Crippen LogP contribution in [0.5, 0.6) is 0 Å². The summed E-state index contributed by atoms with van der Waals surface area (Å²) >= 11 is 0. The summed E-state index contributed by atoms with van der Waals surface area (Å²) in [7, 11) is 1.74. The summed E-state index contributed by atoms with van der Waals surface area (Å²) in [4.78, 5) is 0. The summed E-state index contributed by atoms with van der Waals surface area (Å²) in [5, 5.41) is 0. The summed E-state index contributed by atoms with van der Waals surface area (Å²) < 4.78 is 5.24. The summed E-state index contributed by atoms with van der Waals surface area (Å²) in [5.41, 5.74) is 5.85. The van der Waals surface area contributed by atoms with Gasteiger partial charge in [0.15, 0.2) is 0 Å². The van der Waals surface area contributed by atoms with Gasteiger partial charge in [0.25, 0.3) is 0 Å². The molecule has 0 bridgehead atoms. The van der Waals surface area contributed by atoms with Crippen LogP contribution in [0.25, 0.3) is 0 Å². The number of allylic oxidation sites excluding steroid dienone is 2. The second kappa shape index (κ2) is 3.77. The first-order chi connectivity index (χ1) is 5.24. The Labute approximate surface area is 68.4 Å². The van der Waals surface area contributed by atoms with Gasteiger partial charge >= 0.3 is 0 Å². The van der Waals surface area contributed by atoms with E-state index in [2.05, 4.69) is 13.0 Å². The molecule has 1 aliphatic carbocycles. The van der Waals surface area contributed by atoms with Crippen LogP contribution < -0.4 is 5.73 Å². The van der Waals surface area contributed by atoms with E-state index >= 15 is 0 Å². The van der Waals surface area contributed by atoms with E-state index in [0.717, 1.165) is 25.0 Å². The van der Waals surface area contributed by atoms with Crippen molar-refractivity contribution in [1.29, 1.82) is 0 Å². The predicted molar refractivity (Wildman–Crippen MR) is 46.1 cm³/mol. The first-order valence-corrected chi connectivity index (χ1v) is 4.23. The number of hydrogen-bond donors (Lipinski definition) is 1. The van der Waals surface area contributed by atoms with E-state index in [9.17, 15) is 0 Å². The molecule has 0 heterocycles. The minimum Gasteiger partial charge on any atom is -0.501 e. The molecule has 2 N–H and O–H groups in total. The average molecular weight is 155 g/mol. The van der Waals surface area contributed by atoms with Crippen molar-refractivity contribution in [3.05, 3.63) is 11.8 Å². The highest BCUT2D eigenvalue weighted by Crippen LogP contribution is 2.22. The third-order valence-electron chi connectivity index (χ3n) is 2.26. The summed E-state index contributed by atoms with van der Waals surface area (Å²) in [5.74, 6) is 1.61. The third kappa shape index (κ3) is 2.22. The molecule has 2 nitrogen and oxygen atoms in total. The molecule has 0 aromatic heterocycles. The number of hydrogen-bond acceptors (Lipinski definition) is 2. The smallest absolute Gasteiger partial charge is 0.0944 e. The lowest BCUT2D eigenvalue weighted by Gasteiger charge is -2.14. The van der Waals surface area contributed by atoms with Gasteiger partial charge in [-0.1, -0.05) is 6.92 Å². The van der Waals surface area contributed by atoms with E-state index in [4.69, 9.17) is 10.5 Å². The predicted octanol–water partition coefficient (Wildman–Crippen LogP) is 1.66. The van der Waals surface area contributed by atoms with Crippen LogP contribution in [0.3, 0.4) is 0 Å². The maximum absolute atomic E-state index is 5.85. The molecule has 11 heavy (non-hydrogen) atoms. The van der Waals surface area contributed by atoms with Crippen LogP contribution in [0.4, 0.5) is 0 Å². The SMILES string of the molecule is COC1=CCCC(N)C[C@@H]1C. The highest BCUT2D eigenvalue weighted by molar-refractivity contribution is 5.01. The van der Waals surface area contributed by atoms with Crippen LogP contribution in [0.1, 0.15) is 26.2 Å². The lowest BCUT2D eigenvalue weighted by atomic mass is 10.0. The van der Waals surface area contributed by atoms with E-state index in [1.165, 1.54) is 0 Å². The van der Waals surface area contributed by atoms with E-state index in [0.29, 0.717) is 12.0 Å². The normalized spacial score (nSPS) is 32.5. The molecule has 0 aromatic carbocycles. The highest BCUT2D eigenvalue weighted by atomic mass is 16.5. The molecular formula is C9H17NO. The molecule has 0 amide bonds. The van der Waals surface area contributed by atoms with Gasteiger partial charge in [-0.25, -0.2) is 0 Å². The van der Waals surface area contributed by atoms with Crippen LogP contribution in [-0.2, 0) is 4.74 Å². The molecule has 0 fully saturated rings. The molecule has 0 aromatic rings. The molecule has 0 aliphatic heterocycles. The molecule has 0 saturated heterocycles. The van der Waals surface area contributed by atoms with E-state index in [1.807, 2.05) is 0 Å². The molecule has 0 radical (unpaired) electrons. The van der Waals surface area contributed by atoms with E-state index in [-0.39, 0.29) is 0 Å². The Kier molecular flexibility index (Phi) is 2.94. The van der Waals surface area contributed by atoms with Gasteiger partial charge in [0, 0.05) is 12.0 Å². The van der Waals surface area contributed by atoms with Gasteiger partial charge < -0.3 is 10.5 Å². The first-order valence-electron chi connectivity index (χ1n) is 4.23. The fourth-order valence-electron chi connectivity index (χ4n) is 1.61. The van der Waals surface area contributed by atoms with Crippen LogP contribution in [0, 0.1) is 5.92 Å². The molecule has 0 spiro atoms. The second-order valence-electron chi connectivity index (χ2n) is 3.28. The fourth-order valence-corrected chi connectivity index (χ4v) is 1.61. The van der Waals surface area contributed by atoms with Gasteiger partial charge in [-0.2, -0.15) is 0 Å². The Hall–Kier alpha value is -0.500. The Morgan fingerprint density at radius 3 is 3.00 bits per heavy atom. The molecule has 1 unspecified atom stereocenters. The zero-order valence-corrected chi connectivity index (χ0v) is 7.34. The second-order valence-corrected chi connectivity index (χ2v) is 3.28. The van der Waals surface area contributed by atoms with Crippen molar-refractivity contribution in [2.45, 2.75) is 32.2 Å². The largest absolute Gasteiger partial charge is 0.501 e. The van der Waals surface area contributed by atoms with Crippen molar-refractivity contribution in [2.24, 2.45) is 11.7 Å². The summed E-state index contributed by atoms with van der Waals surface area (Å²) in [6, 6.07) is 0.355. The van der Waals surface area contributed by atoms with Crippen LogP contribution >= 0.6 is 0 Å². The lowest BCUT2D eigenvalue weighted by molar-refractivity contribution is 0.240. The van der Waals surface area contributed by atoms with Gasteiger partial charge in [0.2, 0.25) is 0 Å². The molecule has 2 heteroatoms. The zero-order valence-electron chi connectivity index (χ0n) is 7.34. The maximum atomic E-state index is 5.85. The standard InChI is InChI=1S/C9H17NO/c1-7-6-8(10)4-3-5-9(7)11-2/h5,7-8H,3-4,6,10H2,1-2H3/t7-,8?/m0/s1. The molecule has 0 saturated carbocycles. The lowest BCUT2D eigenvalue weighted by Crippen LogP contribution is -2.21. The first kappa shape index (κ1) is 8.60. The Morgan fingerprint density at radius 1 is 1.64 bits per heavy atom. The molecule has 2 atom stereocenters. The monoisotopic (exact) mass is 155 g/mol. The Bertz CT molecular complexity index is 154. The maximum Gasteiger partial charge on any atom is 0.0944 e. The number of ether oxygens (including phenoxy) is 1. The van der Waals surface area contributed by atoms with Gasteiger partial charge in [-0.15, -0.1) is 0 Å². The van der Waals surface area contributed by atoms with Crippen LogP contribution in [-0.4, -0.2) is 13.2 Å². The van der Waals surface area contributed by atoms with Crippen molar-refractivity contribution < 1.29 is 4.74 Å². The van der Waals surface area contributed by atoms with Crippen LogP contribution in [0.2, 0.25) is 0 Å². The summed E-state index contributed by atoms with van der Waals surface area (Å²) in [6.07, 6.45) is 5.38. The third-order valence-corrected chi connectivity index (χ3v) is 2.26. The van der Waals surface area contributed by atoms with Crippen molar-refractivity contribution in [3.63, 3.8) is 0 Å². The summed E-state index contributed by atoms with van der Waals surface area (Å²) in [6.45, 7) is 2.17. The fraction of sp³-hybridized carbons (Fsp3) is 0.778. The molecule has 64 valence electrons. The van der Waals surface area contributed by atoms with E-state index < -0.39 is 0 Å². The van der Waals surface area contributed by atoms with Gasteiger partial charge in [-0.3, -0.25) is 0 Å². The molecule has 1 rings (SSSR count). The minimum atomic E-state index is 0.355. The number of methoxy groups -OCH3 is 1. The Morgan fingerprint density at radius 2 is 2.36 bits per heavy atom. The average Bonchev–Trinajstić information content (AvgIpc) is 2.11. The van der Waals surface area contributed by atoms with E-state index in [1.54, 1.807) is 7.11 Å². The topological polar surface area (TPSA) is 35.2 Å². The van der Waals surface area contributed by atoms with Gasteiger partial charge in [0.05, 0.1) is 12.9 Å². The quantitative estimate of drug-likeness (QED) is 0.625. The molecular weight excluding hydrogens is 138 g/mol. The highest BCUT2D eigenvalue weighted by Gasteiger charge is 2.16. The zero-order chi connectivity index (χ0) is 8.27. The van der Waals surface area contributed by atoms with Crippen molar-refractivity contribution in [1.82, 2.24) is 0 Å². The molecule has 1 aliphatic rings. The van der Waals surface area contributed by atoms with Crippen LogP contribution in [0.15, 0.2) is 11.8 Å². The Balaban J connectivity index is 2.57. The van der Waals surface area contributed by atoms with Gasteiger partial charge in [-0.05, 0) is 25.3 Å². The van der Waals surface area contributed by atoms with Crippen molar-refractivity contribution in [2.75, 3.05) is 7.11 Å². The number of rotatable bonds is 1. The number of nitrogens with two attached hydrogens (primary N) is 1. The van der Waals surface area contributed by atoms with Crippen molar-refractivity contribution >= 4 is 0 Å².